The van der Waals surface area contributed by atoms with E-state index >= 15 is 4.39 Å². The maximum Gasteiger partial charge on any atom is 0.417 e. The number of ether oxygens (including phenoxy) is 2. The zero-order valence-corrected chi connectivity index (χ0v) is 23.4. The summed E-state index contributed by atoms with van der Waals surface area (Å²) in [5.41, 5.74) is 0.259. The standard InChI is InChI=1S/C27H27F3N4O5PS/c1-18(27(40(35,36)37,15-34-17-32-16-33-34)23-9-8-21(28)11-25(23)30)41-22-13-38-26(39-14-22)5-3-2-4-20-7-6-19(12-31)10-24(20)29/h2-11,16-18,22,26,35-37H,13-15H2,1H3/q+1/t18-,22?,26?,27-/m1/s1. The van der Waals surface area contributed by atoms with E-state index in [9.17, 15) is 23.5 Å². The first-order chi connectivity index (χ1) is 19.5. The molecule has 0 radical (unpaired) electrons. The van der Waals surface area contributed by atoms with Gasteiger partial charge in [0.25, 0.3) is 0 Å². The van der Waals surface area contributed by atoms with Crippen molar-refractivity contribution in [2.75, 3.05) is 13.2 Å². The quantitative estimate of drug-likeness (QED) is 0.227. The number of aromatic nitrogens is 3. The summed E-state index contributed by atoms with van der Waals surface area (Å²) in [6.45, 7) is 1.60. The van der Waals surface area contributed by atoms with Gasteiger partial charge in [0.05, 0.1) is 41.9 Å². The summed E-state index contributed by atoms with van der Waals surface area (Å²) in [4.78, 5) is 36.0. The van der Waals surface area contributed by atoms with Crippen molar-refractivity contribution >= 4 is 25.8 Å². The van der Waals surface area contributed by atoms with E-state index in [0.29, 0.717) is 11.6 Å². The lowest BCUT2D eigenvalue weighted by molar-refractivity contribution is -0.146. The van der Waals surface area contributed by atoms with Gasteiger partial charge in [-0.1, -0.05) is 24.3 Å². The first-order valence-corrected chi connectivity index (χ1v) is 14.9. The predicted molar refractivity (Wildman–Crippen MR) is 147 cm³/mol. The van der Waals surface area contributed by atoms with Gasteiger partial charge in [-0.15, -0.1) is 11.8 Å². The molecular formula is C27H27F3N4O5PS+. The van der Waals surface area contributed by atoms with Crippen molar-refractivity contribution in [2.45, 2.75) is 35.4 Å². The van der Waals surface area contributed by atoms with Crippen molar-refractivity contribution in [1.29, 1.82) is 5.26 Å². The van der Waals surface area contributed by atoms with Crippen molar-refractivity contribution in [3.63, 3.8) is 0 Å². The van der Waals surface area contributed by atoms with Gasteiger partial charge in [0.2, 0.25) is 5.16 Å². The highest BCUT2D eigenvalue weighted by atomic mass is 32.2. The Morgan fingerprint density at radius 3 is 2.51 bits per heavy atom. The van der Waals surface area contributed by atoms with E-state index in [0.717, 1.165) is 18.2 Å². The van der Waals surface area contributed by atoms with Gasteiger partial charge in [0, 0.05) is 17.2 Å². The van der Waals surface area contributed by atoms with Crippen molar-refractivity contribution in [2.24, 2.45) is 0 Å². The third kappa shape index (κ3) is 7.23. The summed E-state index contributed by atoms with van der Waals surface area (Å²) in [6.07, 6.45) is 8.18. The maximum absolute atomic E-state index is 15.1. The average Bonchev–Trinajstić information content (AvgIpc) is 3.44. The number of benzene rings is 2. The van der Waals surface area contributed by atoms with E-state index in [1.165, 1.54) is 47.3 Å². The molecule has 2 aromatic carbocycles. The molecule has 0 amide bonds. The van der Waals surface area contributed by atoms with Crippen molar-refractivity contribution < 1.29 is 37.3 Å². The second-order valence-corrected chi connectivity index (χ2v) is 12.8. The average molecular weight is 608 g/mol. The molecule has 3 N–H and O–H groups in total. The highest BCUT2D eigenvalue weighted by Gasteiger charge is 2.65. The third-order valence-electron chi connectivity index (χ3n) is 6.55. The van der Waals surface area contributed by atoms with Crippen molar-refractivity contribution in [3.05, 3.63) is 101 Å². The van der Waals surface area contributed by atoms with Crippen molar-refractivity contribution in [3.8, 4) is 6.07 Å². The van der Waals surface area contributed by atoms with Gasteiger partial charge in [-0.25, -0.2) is 22.8 Å². The Kier molecular flexibility index (Phi) is 9.99. The normalized spacial score (nSPS) is 20.2. The number of nitriles is 1. The molecule has 1 fully saturated rings. The number of halogens is 3. The van der Waals surface area contributed by atoms with Gasteiger partial charge in [-0.3, -0.25) is 0 Å². The molecule has 0 aliphatic carbocycles. The highest BCUT2D eigenvalue weighted by Crippen LogP contribution is 2.68. The summed E-state index contributed by atoms with van der Waals surface area (Å²) in [7, 11) is -4.86. The third-order valence-corrected chi connectivity index (χ3v) is 10.0. The van der Waals surface area contributed by atoms with Gasteiger partial charge < -0.3 is 9.47 Å². The molecule has 14 heteroatoms. The van der Waals surface area contributed by atoms with Crippen LogP contribution in [0, 0.1) is 28.8 Å². The van der Waals surface area contributed by atoms with Crippen LogP contribution in [0.4, 0.5) is 13.2 Å². The minimum atomic E-state index is -4.86. The molecule has 41 heavy (non-hydrogen) atoms. The lowest BCUT2D eigenvalue weighted by Gasteiger charge is -2.39. The van der Waals surface area contributed by atoms with Crippen LogP contribution in [-0.4, -0.2) is 59.4 Å². The molecule has 4 rings (SSSR count). The molecule has 1 aliphatic heterocycles. The largest absolute Gasteiger partial charge is 0.417 e. The fourth-order valence-electron chi connectivity index (χ4n) is 4.47. The summed E-state index contributed by atoms with van der Waals surface area (Å²) < 4.78 is 55.6. The molecule has 1 saturated heterocycles. The molecule has 0 bridgehead atoms. The Morgan fingerprint density at radius 1 is 1.15 bits per heavy atom. The number of rotatable bonds is 10. The summed E-state index contributed by atoms with van der Waals surface area (Å²) in [5, 5.41) is 9.61. The monoisotopic (exact) mass is 607 g/mol. The van der Waals surface area contributed by atoms with Crippen LogP contribution in [0.15, 0.2) is 67.3 Å². The summed E-state index contributed by atoms with van der Waals surface area (Å²) >= 11 is 1.19. The lowest BCUT2D eigenvalue weighted by Crippen LogP contribution is -2.45. The molecule has 2 heterocycles. The van der Waals surface area contributed by atoms with Gasteiger partial charge >= 0.3 is 7.94 Å². The van der Waals surface area contributed by atoms with Crippen LogP contribution in [0.1, 0.15) is 23.6 Å². The number of nitrogens with zero attached hydrogens (tertiary/aromatic N) is 4. The van der Waals surface area contributed by atoms with Crippen LogP contribution < -0.4 is 0 Å². The Morgan fingerprint density at radius 2 is 1.90 bits per heavy atom. The van der Waals surface area contributed by atoms with E-state index < -0.39 is 42.1 Å². The van der Waals surface area contributed by atoms with Gasteiger partial charge in [-0.05, 0) is 37.3 Å². The van der Waals surface area contributed by atoms with Crippen molar-refractivity contribution in [1.82, 2.24) is 14.8 Å². The molecule has 1 aromatic heterocycles. The van der Waals surface area contributed by atoms with Gasteiger partial charge in [-0.2, -0.15) is 25.0 Å². The molecule has 0 spiro atoms. The van der Waals surface area contributed by atoms with Crippen LogP contribution in [-0.2, 0) is 21.2 Å². The van der Waals surface area contributed by atoms with Gasteiger partial charge in [0.1, 0.15) is 30.1 Å². The van der Waals surface area contributed by atoms with E-state index in [-0.39, 0.29) is 36.1 Å². The molecule has 9 nitrogen and oxygen atoms in total. The zero-order valence-electron chi connectivity index (χ0n) is 21.7. The summed E-state index contributed by atoms with van der Waals surface area (Å²) in [6, 6.07) is 8.72. The zero-order chi connectivity index (χ0) is 29.6. The minimum absolute atomic E-state index is 0.178. The minimum Gasteiger partial charge on any atom is -0.348 e. The number of thioether (sulfide) groups is 1. The molecule has 0 unspecified atom stereocenters. The summed E-state index contributed by atoms with van der Waals surface area (Å²) in [5.74, 6) is -2.42. The van der Waals surface area contributed by atoms with Crippen LogP contribution in [0.5, 0.6) is 0 Å². The number of hydrogen-bond donors (Lipinski definition) is 3. The van der Waals surface area contributed by atoms with Crippen LogP contribution in [0.3, 0.4) is 0 Å². The van der Waals surface area contributed by atoms with E-state index in [1.807, 2.05) is 6.07 Å². The molecular weight excluding hydrogens is 580 g/mol. The lowest BCUT2D eigenvalue weighted by atomic mass is 9.94. The van der Waals surface area contributed by atoms with Gasteiger partial charge in [0.15, 0.2) is 6.29 Å². The SMILES string of the molecule is C[C@@H](SC1COC(C=CC=Cc2ccc(C#N)cc2F)OC1)[C@](Cn1cncn1)(c1ccc(F)cc1F)[P+](O)(O)O. The Bertz CT molecular complexity index is 1440. The smallest absolute Gasteiger partial charge is 0.348 e. The first kappa shape index (κ1) is 30.9. The predicted octanol–water partition coefficient (Wildman–Crippen LogP) is 4.33. The van der Waals surface area contributed by atoms with Crippen LogP contribution in [0.25, 0.3) is 6.08 Å². The van der Waals surface area contributed by atoms with Crippen LogP contribution in [0.2, 0.25) is 0 Å². The fourth-order valence-corrected chi connectivity index (χ4v) is 7.72. The fraction of sp³-hybridized carbons (Fsp3) is 0.296. The Balaban J connectivity index is 1.45. The number of hydrogen-bond acceptors (Lipinski definition) is 9. The molecule has 216 valence electrons. The second-order valence-electron chi connectivity index (χ2n) is 9.24. The molecule has 2 atom stereocenters. The van der Waals surface area contributed by atoms with E-state index in [1.54, 1.807) is 25.2 Å². The van der Waals surface area contributed by atoms with Crippen LogP contribution >= 0.6 is 19.7 Å². The Hall–Kier alpha value is -3.08. The molecule has 3 aromatic rings. The van der Waals surface area contributed by atoms with E-state index in [4.69, 9.17) is 14.7 Å². The Labute approximate surface area is 239 Å². The molecule has 0 saturated carbocycles. The van der Waals surface area contributed by atoms with E-state index in [2.05, 4.69) is 10.1 Å². The second kappa shape index (κ2) is 13.3. The first-order valence-electron chi connectivity index (χ1n) is 12.3. The molecule has 1 aliphatic rings. The highest BCUT2D eigenvalue weighted by molar-refractivity contribution is 8.01. The number of allylic oxidation sites excluding steroid dienone is 2. The topological polar surface area (TPSA) is 134 Å². The maximum atomic E-state index is 15.1.